The van der Waals surface area contributed by atoms with Crippen LogP contribution in [0.1, 0.15) is 62.9 Å². The van der Waals surface area contributed by atoms with Crippen LogP contribution in [0.5, 0.6) is 0 Å². The summed E-state index contributed by atoms with van der Waals surface area (Å²) in [4.78, 5) is 9.49. The van der Waals surface area contributed by atoms with E-state index in [9.17, 15) is 0 Å². The van der Waals surface area contributed by atoms with Crippen molar-refractivity contribution in [3.05, 3.63) is 17.6 Å². The molecular weight excluding hydrogens is 238 g/mol. The van der Waals surface area contributed by atoms with Crippen LogP contribution < -0.4 is 5.32 Å². The highest BCUT2D eigenvalue weighted by Gasteiger charge is 2.42. The maximum Gasteiger partial charge on any atom is 0.162 e. The van der Waals surface area contributed by atoms with Crippen LogP contribution in [0.3, 0.4) is 0 Å². The molecule has 0 saturated heterocycles. The molecule has 2 aliphatic rings. The van der Waals surface area contributed by atoms with Gasteiger partial charge in [0.2, 0.25) is 0 Å². The number of hydrogen-bond acceptors (Lipinski definition) is 4. The first-order chi connectivity index (χ1) is 9.27. The minimum atomic E-state index is -0.215. The Morgan fingerprint density at radius 3 is 2.68 bits per heavy atom. The summed E-state index contributed by atoms with van der Waals surface area (Å²) in [5.74, 6) is 2.51. The van der Waals surface area contributed by atoms with Gasteiger partial charge >= 0.3 is 0 Å². The Labute approximate surface area is 115 Å². The van der Waals surface area contributed by atoms with Crippen molar-refractivity contribution in [2.75, 3.05) is 19.0 Å². The standard InChI is InChI=1S/C15H23N3O/c1-3-9-16-13-10-12(11-5-6-11)17-14(18-13)15(19-2)7-4-8-15/h10-11H,3-9H2,1-2H3,(H,16,17,18). The van der Waals surface area contributed by atoms with Crippen molar-refractivity contribution in [2.24, 2.45) is 0 Å². The third-order valence-electron chi connectivity index (χ3n) is 4.26. The molecule has 0 atom stereocenters. The van der Waals surface area contributed by atoms with Crippen molar-refractivity contribution in [3.63, 3.8) is 0 Å². The topological polar surface area (TPSA) is 47.0 Å². The molecule has 1 aromatic rings. The van der Waals surface area contributed by atoms with E-state index in [1.165, 1.54) is 25.0 Å². The third-order valence-corrected chi connectivity index (χ3v) is 4.26. The average molecular weight is 261 g/mol. The zero-order valence-electron chi connectivity index (χ0n) is 11.9. The Bertz CT molecular complexity index is 447. The lowest BCUT2D eigenvalue weighted by atomic mass is 9.79. The highest BCUT2D eigenvalue weighted by molar-refractivity contribution is 5.39. The molecule has 1 heterocycles. The van der Waals surface area contributed by atoms with Gasteiger partial charge in [-0.25, -0.2) is 9.97 Å². The summed E-state index contributed by atoms with van der Waals surface area (Å²) in [6.45, 7) is 3.13. The van der Waals surface area contributed by atoms with Gasteiger partial charge in [-0.1, -0.05) is 6.92 Å². The number of hydrogen-bond donors (Lipinski definition) is 1. The maximum absolute atomic E-state index is 5.72. The number of methoxy groups -OCH3 is 1. The van der Waals surface area contributed by atoms with Crippen molar-refractivity contribution >= 4 is 5.82 Å². The third kappa shape index (κ3) is 2.46. The van der Waals surface area contributed by atoms with Crippen LogP contribution in [0.25, 0.3) is 0 Å². The van der Waals surface area contributed by atoms with Crippen LogP contribution in [0.2, 0.25) is 0 Å². The fourth-order valence-corrected chi connectivity index (χ4v) is 2.62. The second-order valence-electron chi connectivity index (χ2n) is 5.75. The molecule has 3 rings (SSSR count). The molecule has 0 aromatic carbocycles. The van der Waals surface area contributed by atoms with Crippen LogP contribution >= 0.6 is 0 Å². The lowest BCUT2D eigenvalue weighted by Crippen LogP contribution is -2.38. The average Bonchev–Trinajstić information content (AvgIpc) is 3.20. The SMILES string of the molecule is CCCNc1cc(C2CC2)nc(C2(OC)CCC2)n1. The van der Waals surface area contributed by atoms with Gasteiger partial charge in [0, 0.05) is 31.3 Å². The molecule has 0 amide bonds. The predicted molar refractivity (Wildman–Crippen MR) is 75.3 cm³/mol. The minimum Gasteiger partial charge on any atom is -0.370 e. The molecule has 1 N–H and O–H groups in total. The first-order valence-electron chi connectivity index (χ1n) is 7.46. The maximum atomic E-state index is 5.72. The van der Waals surface area contributed by atoms with Gasteiger partial charge in [0.15, 0.2) is 5.82 Å². The molecule has 1 aromatic heterocycles. The van der Waals surface area contributed by atoms with E-state index < -0.39 is 0 Å². The summed E-state index contributed by atoms with van der Waals surface area (Å²) in [7, 11) is 1.78. The molecule has 104 valence electrons. The van der Waals surface area contributed by atoms with E-state index >= 15 is 0 Å². The Hall–Kier alpha value is -1.16. The molecule has 2 aliphatic carbocycles. The summed E-state index contributed by atoms with van der Waals surface area (Å²) in [6, 6.07) is 2.12. The normalized spacial score (nSPS) is 20.9. The monoisotopic (exact) mass is 261 g/mol. The number of nitrogens with one attached hydrogen (secondary N) is 1. The quantitative estimate of drug-likeness (QED) is 0.854. The smallest absolute Gasteiger partial charge is 0.162 e. The summed E-state index contributed by atoms with van der Waals surface area (Å²) >= 11 is 0. The van der Waals surface area contributed by atoms with E-state index in [2.05, 4.69) is 18.3 Å². The van der Waals surface area contributed by atoms with E-state index in [1.54, 1.807) is 7.11 Å². The van der Waals surface area contributed by atoms with E-state index in [0.717, 1.165) is 37.4 Å². The predicted octanol–water partition coefficient (Wildman–Crippen LogP) is 3.20. The number of nitrogens with zero attached hydrogens (tertiary/aromatic N) is 2. The van der Waals surface area contributed by atoms with Gasteiger partial charge in [-0.3, -0.25) is 0 Å². The summed E-state index contributed by atoms with van der Waals surface area (Å²) in [5, 5.41) is 3.40. The van der Waals surface area contributed by atoms with Gasteiger partial charge in [0.25, 0.3) is 0 Å². The first kappa shape index (κ1) is 12.9. The lowest BCUT2D eigenvalue weighted by molar-refractivity contribution is -0.0846. The highest BCUT2D eigenvalue weighted by atomic mass is 16.5. The Morgan fingerprint density at radius 2 is 2.16 bits per heavy atom. The van der Waals surface area contributed by atoms with Gasteiger partial charge in [-0.05, 0) is 38.5 Å². The zero-order chi connectivity index (χ0) is 13.3. The molecule has 19 heavy (non-hydrogen) atoms. The zero-order valence-corrected chi connectivity index (χ0v) is 11.9. The molecule has 0 aliphatic heterocycles. The molecule has 0 bridgehead atoms. The van der Waals surface area contributed by atoms with E-state index in [0.29, 0.717) is 5.92 Å². The molecule has 0 radical (unpaired) electrons. The Morgan fingerprint density at radius 1 is 1.37 bits per heavy atom. The number of aromatic nitrogens is 2. The summed E-state index contributed by atoms with van der Waals surface area (Å²) in [6.07, 6.45) is 6.94. The molecule has 0 unspecified atom stereocenters. The Balaban J connectivity index is 1.91. The van der Waals surface area contributed by atoms with Crippen LogP contribution in [-0.4, -0.2) is 23.6 Å². The van der Waals surface area contributed by atoms with Gasteiger partial charge < -0.3 is 10.1 Å². The van der Waals surface area contributed by atoms with E-state index in [-0.39, 0.29) is 5.60 Å². The van der Waals surface area contributed by atoms with Gasteiger partial charge in [-0.2, -0.15) is 0 Å². The minimum absolute atomic E-state index is 0.215. The molecule has 2 saturated carbocycles. The summed E-state index contributed by atoms with van der Waals surface area (Å²) < 4.78 is 5.72. The largest absolute Gasteiger partial charge is 0.370 e. The highest BCUT2D eigenvalue weighted by Crippen LogP contribution is 2.45. The van der Waals surface area contributed by atoms with Crippen LogP contribution in [0.4, 0.5) is 5.82 Å². The van der Waals surface area contributed by atoms with E-state index in [1.807, 2.05) is 0 Å². The van der Waals surface area contributed by atoms with Crippen molar-refractivity contribution in [3.8, 4) is 0 Å². The van der Waals surface area contributed by atoms with Crippen LogP contribution in [0, 0.1) is 0 Å². The van der Waals surface area contributed by atoms with Gasteiger partial charge in [0.05, 0.1) is 0 Å². The van der Waals surface area contributed by atoms with Crippen molar-refractivity contribution in [2.45, 2.75) is 57.0 Å². The second kappa shape index (κ2) is 5.08. The van der Waals surface area contributed by atoms with Gasteiger partial charge in [-0.15, -0.1) is 0 Å². The molecular formula is C15H23N3O. The lowest BCUT2D eigenvalue weighted by Gasteiger charge is -2.39. The van der Waals surface area contributed by atoms with Crippen LogP contribution in [-0.2, 0) is 10.3 Å². The van der Waals surface area contributed by atoms with Gasteiger partial charge in [0.1, 0.15) is 11.4 Å². The van der Waals surface area contributed by atoms with Crippen molar-refractivity contribution in [1.29, 1.82) is 0 Å². The van der Waals surface area contributed by atoms with Crippen molar-refractivity contribution in [1.82, 2.24) is 9.97 Å². The Kier molecular flexibility index (Phi) is 3.44. The summed E-state index contributed by atoms with van der Waals surface area (Å²) in [5.41, 5.74) is 0.986. The number of anilines is 1. The number of rotatable bonds is 6. The number of ether oxygens (including phenoxy) is 1. The molecule has 0 spiro atoms. The second-order valence-corrected chi connectivity index (χ2v) is 5.75. The van der Waals surface area contributed by atoms with Crippen LogP contribution in [0.15, 0.2) is 6.07 Å². The van der Waals surface area contributed by atoms with E-state index in [4.69, 9.17) is 14.7 Å². The fourth-order valence-electron chi connectivity index (χ4n) is 2.62. The molecule has 4 heteroatoms. The van der Waals surface area contributed by atoms with Crippen molar-refractivity contribution < 1.29 is 4.74 Å². The molecule has 4 nitrogen and oxygen atoms in total. The first-order valence-corrected chi connectivity index (χ1v) is 7.46. The molecule has 2 fully saturated rings. The fraction of sp³-hybridized carbons (Fsp3) is 0.733.